The number of carbonyl (C=O) groups is 2. The molecule has 0 aliphatic carbocycles. The quantitative estimate of drug-likeness (QED) is 0.178. The molecule has 1 N–H and O–H groups in total. The van der Waals surface area contributed by atoms with Crippen LogP contribution in [0.5, 0.6) is 0 Å². The number of rotatable bonds is 7. The van der Waals surface area contributed by atoms with E-state index in [1.165, 1.54) is 18.4 Å². The summed E-state index contributed by atoms with van der Waals surface area (Å²) in [6.07, 6.45) is 1.44. The molecule has 2 fully saturated rings. The lowest BCUT2D eigenvalue weighted by Crippen LogP contribution is -2.43. The molecule has 2 aromatic carbocycles. The summed E-state index contributed by atoms with van der Waals surface area (Å²) in [7, 11) is 3.39. The lowest BCUT2D eigenvalue weighted by molar-refractivity contribution is -0.160. The molecule has 268 valence electrons. The third-order valence-electron chi connectivity index (χ3n) is 9.99. The smallest absolute Gasteiger partial charge is 0.409 e. The largest absolute Gasteiger partial charge is 0.479 e. The number of methoxy groups -OCH3 is 1. The van der Waals surface area contributed by atoms with Gasteiger partial charge in [0.15, 0.2) is 6.10 Å². The van der Waals surface area contributed by atoms with E-state index < -0.39 is 17.7 Å². The Labute approximate surface area is 306 Å². The van der Waals surface area contributed by atoms with Gasteiger partial charge in [-0.3, -0.25) is 9.58 Å². The van der Waals surface area contributed by atoms with Crippen LogP contribution in [0.4, 0.5) is 4.79 Å². The van der Waals surface area contributed by atoms with Crippen LogP contribution in [0, 0.1) is 6.92 Å². The summed E-state index contributed by atoms with van der Waals surface area (Å²) in [5.74, 6) is -0.792. The molecule has 1 unspecified atom stereocenters. The summed E-state index contributed by atoms with van der Waals surface area (Å²) < 4.78 is 13.9. The number of piperidine rings is 1. The molecule has 2 aliphatic heterocycles. The van der Waals surface area contributed by atoms with Crippen molar-refractivity contribution in [3.8, 4) is 21.8 Å². The number of carboxylic acids is 1. The third-order valence-corrected chi connectivity index (χ3v) is 11.4. The number of aryl methyl sites for hydroxylation is 2. The SMILES string of the molecule is COC(=O)N1CCC(N2CCC(c3nn(C)c4ccc(-c5nc6cc(C)c([C@H](OC(C)(C)C)C(=O)O)c(-c7ccc(Cl)cc7)c6s5)nc34)CC2)C1. The Morgan fingerprint density at radius 3 is 2.43 bits per heavy atom. The average molecular weight is 731 g/mol. The molecule has 2 aliphatic rings. The Hall–Kier alpha value is -4.10. The Morgan fingerprint density at radius 2 is 1.76 bits per heavy atom. The zero-order valence-corrected chi connectivity index (χ0v) is 31.3. The number of thiazole rings is 1. The molecule has 0 radical (unpaired) electrons. The van der Waals surface area contributed by atoms with Crippen LogP contribution in [0.2, 0.25) is 5.02 Å². The minimum absolute atomic E-state index is 0.252. The van der Waals surface area contributed by atoms with E-state index >= 15 is 0 Å². The number of carbonyl (C=O) groups excluding carboxylic acids is 1. The van der Waals surface area contributed by atoms with Crippen LogP contribution >= 0.6 is 22.9 Å². The van der Waals surface area contributed by atoms with Gasteiger partial charge in [-0.2, -0.15) is 5.10 Å². The highest BCUT2D eigenvalue weighted by atomic mass is 35.5. The second kappa shape index (κ2) is 13.8. The van der Waals surface area contributed by atoms with Gasteiger partial charge in [0, 0.05) is 48.2 Å². The molecular weight excluding hydrogens is 688 g/mol. The lowest BCUT2D eigenvalue weighted by Gasteiger charge is -2.35. The van der Waals surface area contributed by atoms with Crippen molar-refractivity contribution in [3.05, 3.63) is 64.3 Å². The summed E-state index contributed by atoms with van der Waals surface area (Å²) in [5.41, 5.74) is 6.64. The second-order valence-electron chi connectivity index (χ2n) is 14.5. The second-order valence-corrected chi connectivity index (χ2v) is 16.0. The summed E-state index contributed by atoms with van der Waals surface area (Å²) >= 11 is 7.78. The third kappa shape index (κ3) is 6.94. The van der Waals surface area contributed by atoms with Crippen LogP contribution in [0.1, 0.15) is 68.9 Å². The van der Waals surface area contributed by atoms with Crippen molar-refractivity contribution >= 4 is 56.3 Å². The highest BCUT2D eigenvalue weighted by molar-refractivity contribution is 7.22. The molecule has 7 rings (SSSR count). The van der Waals surface area contributed by atoms with Gasteiger partial charge in [0.2, 0.25) is 0 Å². The molecule has 51 heavy (non-hydrogen) atoms. The number of likely N-dealkylation sites (tertiary alicyclic amines) is 2. The number of benzene rings is 2. The minimum Gasteiger partial charge on any atom is -0.479 e. The Kier molecular flexibility index (Phi) is 9.55. The molecule has 13 heteroatoms. The number of carboxylic acid groups (broad SMARTS) is 1. The van der Waals surface area contributed by atoms with Gasteiger partial charge in [0.1, 0.15) is 10.5 Å². The monoisotopic (exact) mass is 730 g/mol. The fraction of sp³-hybridized carbons (Fsp3) is 0.447. The Bertz CT molecular complexity index is 2120. The van der Waals surface area contributed by atoms with E-state index in [9.17, 15) is 14.7 Å². The van der Waals surface area contributed by atoms with Crippen LogP contribution in [-0.4, -0.2) is 91.6 Å². The zero-order chi connectivity index (χ0) is 36.2. The number of hydrogen-bond acceptors (Lipinski definition) is 9. The van der Waals surface area contributed by atoms with Crippen molar-refractivity contribution in [1.29, 1.82) is 0 Å². The number of ether oxygens (including phenoxy) is 2. The number of amides is 1. The predicted octanol–water partition coefficient (Wildman–Crippen LogP) is 7.83. The van der Waals surface area contributed by atoms with Crippen LogP contribution in [-0.2, 0) is 21.3 Å². The van der Waals surface area contributed by atoms with E-state index in [1.54, 1.807) is 4.90 Å². The number of hydrogen-bond donors (Lipinski definition) is 1. The molecule has 0 spiro atoms. The first kappa shape index (κ1) is 35.3. The van der Waals surface area contributed by atoms with Crippen molar-refractivity contribution in [2.75, 3.05) is 33.3 Å². The number of aliphatic carboxylic acids is 1. The highest BCUT2D eigenvalue weighted by Crippen LogP contribution is 2.44. The van der Waals surface area contributed by atoms with Crippen molar-refractivity contribution in [2.24, 2.45) is 7.05 Å². The van der Waals surface area contributed by atoms with Crippen LogP contribution in [0.25, 0.3) is 43.1 Å². The molecule has 0 saturated carbocycles. The summed E-state index contributed by atoms with van der Waals surface area (Å²) in [5, 5.41) is 16.7. The molecule has 2 saturated heterocycles. The standard InChI is InChI=1S/C38H43ClN6O5S/c1-21-19-27-34(30(22-7-9-24(39)10-8-22)29(21)33(36(46)47)50-38(2,3)4)51-35(41-27)26-11-12-28-32(40-26)31(42-43(28)5)23-13-16-44(17-14-23)25-15-18-45(20-25)37(48)49-6/h7-12,19,23,25,33H,13-18,20H2,1-6H3,(H,46,47)/t25?,33-/m0/s1. The van der Waals surface area contributed by atoms with E-state index in [0.29, 0.717) is 23.2 Å². The van der Waals surface area contributed by atoms with Crippen LogP contribution in [0.3, 0.4) is 0 Å². The maximum Gasteiger partial charge on any atom is 0.409 e. The van der Waals surface area contributed by atoms with Gasteiger partial charge in [-0.25, -0.2) is 19.6 Å². The molecule has 2 atom stereocenters. The first-order valence-electron chi connectivity index (χ1n) is 17.3. The maximum absolute atomic E-state index is 12.8. The average Bonchev–Trinajstić information content (AvgIpc) is 3.84. The molecule has 3 aromatic heterocycles. The number of halogens is 1. The highest BCUT2D eigenvalue weighted by Gasteiger charge is 2.35. The van der Waals surface area contributed by atoms with Gasteiger partial charge in [0.25, 0.3) is 0 Å². The van der Waals surface area contributed by atoms with Gasteiger partial charge in [-0.15, -0.1) is 11.3 Å². The van der Waals surface area contributed by atoms with E-state index in [1.807, 2.05) is 75.8 Å². The topological polar surface area (TPSA) is 123 Å². The number of nitrogens with zero attached hydrogens (tertiary/aromatic N) is 6. The van der Waals surface area contributed by atoms with Crippen LogP contribution in [0.15, 0.2) is 42.5 Å². The summed E-state index contributed by atoms with van der Waals surface area (Å²) in [6.45, 7) is 10.8. The van der Waals surface area contributed by atoms with Gasteiger partial charge < -0.3 is 19.5 Å². The first-order valence-corrected chi connectivity index (χ1v) is 18.5. The van der Waals surface area contributed by atoms with Crippen molar-refractivity contribution in [3.63, 3.8) is 0 Å². The maximum atomic E-state index is 12.8. The fourth-order valence-electron chi connectivity index (χ4n) is 7.58. The van der Waals surface area contributed by atoms with E-state index in [2.05, 4.69) is 11.0 Å². The van der Waals surface area contributed by atoms with Crippen molar-refractivity contribution < 1.29 is 24.2 Å². The minimum atomic E-state index is -1.19. The Balaban J connectivity index is 1.24. The van der Waals surface area contributed by atoms with E-state index in [4.69, 9.17) is 36.1 Å². The normalized spacial score (nSPS) is 18.2. The van der Waals surface area contributed by atoms with E-state index in [0.717, 1.165) is 93.2 Å². The van der Waals surface area contributed by atoms with Gasteiger partial charge in [0.05, 0.1) is 39.8 Å². The number of aromatic nitrogens is 4. The fourth-order valence-corrected chi connectivity index (χ4v) is 8.80. The molecular formula is C38H43ClN6O5S. The zero-order valence-electron chi connectivity index (χ0n) is 29.8. The molecule has 5 heterocycles. The van der Waals surface area contributed by atoms with Crippen LogP contribution < -0.4 is 0 Å². The first-order chi connectivity index (χ1) is 24.3. The Morgan fingerprint density at radius 1 is 1.04 bits per heavy atom. The molecule has 0 bridgehead atoms. The predicted molar refractivity (Wildman–Crippen MR) is 199 cm³/mol. The van der Waals surface area contributed by atoms with E-state index in [-0.39, 0.29) is 12.0 Å². The van der Waals surface area contributed by atoms with Crippen molar-refractivity contribution in [1.82, 2.24) is 29.5 Å². The number of pyridine rings is 1. The van der Waals surface area contributed by atoms with Gasteiger partial charge in [-0.05, 0) is 102 Å². The molecule has 5 aromatic rings. The number of fused-ring (bicyclic) bond motifs is 2. The lowest BCUT2D eigenvalue weighted by atomic mass is 9.91. The van der Waals surface area contributed by atoms with Crippen molar-refractivity contribution in [2.45, 2.75) is 70.6 Å². The molecule has 11 nitrogen and oxygen atoms in total. The van der Waals surface area contributed by atoms with Gasteiger partial charge in [-0.1, -0.05) is 23.7 Å². The summed E-state index contributed by atoms with van der Waals surface area (Å²) in [4.78, 5) is 39.4. The molecule has 1 amide bonds. The summed E-state index contributed by atoms with van der Waals surface area (Å²) in [6, 6.07) is 13.8. The van der Waals surface area contributed by atoms with Gasteiger partial charge >= 0.3 is 12.1 Å².